The summed E-state index contributed by atoms with van der Waals surface area (Å²) in [6.07, 6.45) is 3.13. The molecule has 2 rings (SSSR count). The van der Waals surface area contributed by atoms with Crippen LogP contribution in [0.4, 0.5) is 0 Å². The smallest absolute Gasteiger partial charge is 0.251 e. The molecule has 0 bridgehead atoms. The SMILES string of the molecule is O=C(NCC1CCC(Cl)C1)c1ccc(Br)c(Cl)c1. The fourth-order valence-electron chi connectivity index (χ4n) is 2.18. The Morgan fingerprint density at radius 1 is 1.44 bits per heavy atom. The maximum atomic E-state index is 11.9. The molecule has 1 amide bonds. The summed E-state index contributed by atoms with van der Waals surface area (Å²) < 4.78 is 0.793. The fraction of sp³-hybridized carbons (Fsp3) is 0.462. The van der Waals surface area contributed by atoms with Crippen LogP contribution in [0.3, 0.4) is 0 Å². The fourth-order valence-corrected chi connectivity index (χ4v) is 2.98. The average Bonchev–Trinajstić information content (AvgIpc) is 2.75. The van der Waals surface area contributed by atoms with Gasteiger partial charge in [-0.2, -0.15) is 0 Å². The number of benzene rings is 1. The van der Waals surface area contributed by atoms with Crippen LogP contribution < -0.4 is 5.32 Å². The first-order chi connectivity index (χ1) is 8.56. The van der Waals surface area contributed by atoms with E-state index >= 15 is 0 Å². The highest BCUT2D eigenvalue weighted by molar-refractivity contribution is 9.10. The van der Waals surface area contributed by atoms with E-state index in [1.54, 1.807) is 18.2 Å². The summed E-state index contributed by atoms with van der Waals surface area (Å²) in [6.45, 7) is 0.690. The molecular weight excluding hydrogens is 337 g/mol. The molecule has 1 aromatic rings. The van der Waals surface area contributed by atoms with Crippen molar-refractivity contribution >= 4 is 45.0 Å². The Labute approximate surface area is 125 Å². The van der Waals surface area contributed by atoms with E-state index in [9.17, 15) is 4.79 Å². The molecule has 0 heterocycles. The molecule has 2 atom stereocenters. The van der Waals surface area contributed by atoms with Crippen molar-refractivity contribution in [2.45, 2.75) is 24.6 Å². The van der Waals surface area contributed by atoms with Crippen LogP contribution in [-0.2, 0) is 0 Å². The molecule has 2 nitrogen and oxygen atoms in total. The predicted molar refractivity (Wildman–Crippen MR) is 78.5 cm³/mol. The van der Waals surface area contributed by atoms with Crippen LogP contribution in [-0.4, -0.2) is 17.8 Å². The predicted octanol–water partition coefficient (Wildman–Crippen LogP) is 4.24. The number of halogens is 3. The Bertz CT molecular complexity index is 453. The van der Waals surface area contributed by atoms with Crippen LogP contribution in [0.5, 0.6) is 0 Å². The van der Waals surface area contributed by atoms with Crippen LogP contribution in [0.1, 0.15) is 29.6 Å². The second-order valence-corrected chi connectivity index (χ2v) is 6.49. The zero-order valence-electron chi connectivity index (χ0n) is 9.76. The van der Waals surface area contributed by atoms with Crippen molar-refractivity contribution in [3.63, 3.8) is 0 Å². The van der Waals surface area contributed by atoms with Crippen molar-refractivity contribution in [2.75, 3.05) is 6.54 Å². The minimum atomic E-state index is -0.0811. The van der Waals surface area contributed by atoms with Gasteiger partial charge in [-0.05, 0) is 59.3 Å². The second kappa shape index (κ2) is 6.27. The topological polar surface area (TPSA) is 29.1 Å². The second-order valence-electron chi connectivity index (χ2n) is 4.62. The van der Waals surface area contributed by atoms with E-state index in [0.29, 0.717) is 23.0 Å². The highest BCUT2D eigenvalue weighted by atomic mass is 79.9. The van der Waals surface area contributed by atoms with Gasteiger partial charge in [-0.25, -0.2) is 0 Å². The van der Waals surface area contributed by atoms with Crippen molar-refractivity contribution in [1.29, 1.82) is 0 Å². The van der Waals surface area contributed by atoms with Gasteiger partial charge in [0, 0.05) is 22.0 Å². The minimum Gasteiger partial charge on any atom is -0.352 e. The first kappa shape index (κ1) is 14.2. The van der Waals surface area contributed by atoms with E-state index < -0.39 is 0 Å². The number of hydrogen-bond acceptors (Lipinski definition) is 1. The molecule has 0 aliphatic heterocycles. The lowest BCUT2D eigenvalue weighted by atomic mass is 10.1. The lowest BCUT2D eigenvalue weighted by molar-refractivity contribution is 0.0947. The molecule has 0 aromatic heterocycles. The van der Waals surface area contributed by atoms with Crippen molar-refractivity contribution in [2.24, 2.45) is 5.92 Å². The number of carbonyl (C=O) groups is 1. The Balaban J connectivity index is 1.89. The average molecular weight is 351 g/mol. The third kappa shape index (κ3) is 3.62. The van der Waals surface area contributed by atoms with Crippen LogP contribution >= 0.6 is 39.1 Å². The van der Waals surface area contributed by atoms with Crippen molar-refractivity contribution in [1.82, 2.24) is 5.32 Å². The van der Waals surface area contributed by atoms with Crippen LogP contribution in [0.2, 0.25) is 5.02 Å². The van der Waals surface area contributed by atoms with Crippen molar-refractivity contribution in [3.8, 4) is 0 Å². The van der Waals surface area contributed by atoms with Gasteiger partial charge in [-0.15, -0.1) is 11.6 Å². The molecule has 2 unspecified atom stereocenters. The maximum absolute atomic E-state index is 11.9. The molecule has 1 aliphatic carbocycles. The first-order valence-electron chi connectivity index (χ1n) is 5.93. The Morgan fingerprint density at radius 3 is 2.83 bits per heavy atom. The number of amides is 1. The summed E-state index contributed by atoms with van der Waals surface area (Å²) in [4.78, 5) is 11.9. The van der Waals surface area contributed by atoms with Gasteiger partial charge in [0.05, 0.1) is 5.02 Å². The van der Waals surface area contributed by atoms with Crippen LogP contribution in [0.25, 0.3) is 0 Å². The van der Waals surface area contributed by atoms with Gasteiger partial charge in [-0.1, -0.05) is 11.6 Å². The molecule has 1 fully saturated rings. The molecule has 98 valence electrons. The highest BCUT2D eigenvalue weighted by Gasteiger charge is 2.23. The summed E-state index contributed by atoms with van der Waals surface area (Å²) in [6, 6.07) is 5.20. The summed E-state index contributed by atoms with van der Waals surface area (Å²) >= 11 is 15.3. The number of hydrogen-bond donors (Lipinski definition) is 1. The molecule has 1 aromatic carbocycles. The molecular formula is C13H14BrCl2NO. The van der Waals surface area contributed by atoms with Gasteiger partial charge >= 0.3 is 0 Å². The standard InChI is InChI=1S/C13H14BrCl2NO/c14-11-4-2-9(6-12(11)16)13(18)17-7-8-1-3-10(15)5-8/h2,4,6,8,10H,1,3,5,7H2,(H,17,18). The maximum Gasteiger partial charge on any atom is 0.251 e. The van der Waals surface area contributed by atoms with Gasteiger partial charge in [-0.3, -0.25) is 4.79 Å². The molecule has 1 N–H and O–H groups in total. The molecule has 18 heavy (non-hydrogen) atoms. The van der Waals surface area contributed by atoms with Crippen molar-refractivity contribution < 1.29 is 4.79 Å². The summed E-state index contributed by atoms with van der Waals surface area (Å²) in [5.41, 5.74) is 0.587. The lowest BCUT2D eigenvalue weighted by Gasteiger charge is -2.11. The number of rotatable bonds is 3. The molecule has 0 spiro atoms. The number of alkyl halides is 1. The highest BCUT2D eigenvalue weighted by Crippen LogP contribution is 2.29. The largest absolute Gasteiger partial charge is 0.352 e. The van der Waals surface area contributed by atoms with Gasteiger partial charge in [0.25, 0.3) is 5.91 Å². The van der Waals surface area contributed by atoms with Gasteiger partial charge in [0.15, 0.2) is 0 Å². The van der Waals surface area contributed by atoms with E-state index in [1.807, 2.05) is 0 Å². The number of carbonyl (C=O) groups excluding carboxylic acids is 1. The molecule has 0 radical (unpaired) electrons. The van der Waals surface area contributed by atoms with Crippen LogP contribution in [0, 0.1) is 5.92 Å². The lowest BCUT2D eigenvalue weighted by Crippen LogP contribution is -2.28. The number of nitrogens with one attached hydrogen (secondary N) is 1. The molecule has 1 aliphatic rings. The third-order valence-electron chi connectivity index (χ3n) is 3.21. The monoisotopic (exact) mass is 349 g/mol. The minimum absolute atomic E-state index is 0.0811. The third-order valence-corrected chi connectivity index (χ3v) is 4.84. The van der Waals surface area contributed by atoms with Gasteiger partial charge in [0.2, 0.25) is 0 Å². The zero-order chi connectivity index (χ0) is 13.1. The van der Waals surface area contributed by atoms with E-state index in [1.165, 1.54) is 0 Å². The van der Waals surface area contributed by atoms with Crippen molar-refractivity contribution in [3.05, 3.63) is 33.3 Å². The summed E-state index contributed by atoms with van der Waals surface area (Å²) in [7, 11) is 0. The Hall–Kier alpha value is -0.250. The Morgan fingerprint density at radius 2 is 2.22 bits per heavy atom. The Kier molecular flexibility index (Phi) is 4.93. The summed E-state index contributed by atoms with van der Waals surface area (Å²) in [5, 5.41) is 3.75. The normalized spacial score (nSPS) is 23.1. The van der Waals surface area contributed by atoms with Gasteiger partial charge in [0.1, 0.15) is 0 Å². The van der Waals surface area contributed by atoms with Crippen LogP contribution in [0.15, 0.2) is 22.7 Å². The van der Waals surface area contributed by atoms with E-state index in [-0.39, 0.29) is 11.3 Å². The first-order valence-corrected chi connectivity index (χ1v) is 7.54. The quantitative estimate of drug-likeness (QED) is 0.811. The van der Waals surface area contributed by atoms with Gasteiger partial charge < -0.3 is 5.32 Å². The molecule has 1 saturated carbocycles. The molecule has 0 saturated heterocycles. The summed E-state index contributed by atoms with van der Waals surface area (Å²) in [5.74, 6) is 0.421. The molecule has 5 heteroatoms. The zero-order valence-corrected chi connectivity index (χ0v) is 12.9. The van der Waals surface area contributed by atoms with E-state index in [0.717, 1.165) is 23.7 Å². The van der Waals surface area contributed by atoms with E-state index in [4.69, 9.17) is 23.2 Å². The van der Waals surface area contributed by atoms with E-state index in [2.05, 4.69) is 21.2 Å².